The van der Waals surface area contributed by atoms with Crippen molar-refractivity contribution in [3.8, 4) is 0 Å². The maximum atomic E-state index is 9.32. The monoisotopic (exact) mass is 604 g/mol. The van der Waals surface area contributed by atoms with Gasteiger partial charge in [0.05, 0.1) is 6.61 Å². The van der Waals surface area contributed by atoms with Crippen molar-refractivity contribution >= 4 is 17.6 Å². The number of hydrogen-bond donors (Lipinski definition) is 5. The molecule has 0 bridgehead atoms. The summed E-state index contributed by atoms with van der Waals surface area (Å²) in [7, 11) is 0. The van der Waals surface area contributed by atoms with Gasteiger partial charge in [0.25, 0.3) is 0 Å². The van der Waals surface area contributed by atoms with E-state index >= 15 is 0 Å². The van der Waals surface area contributed by atoms with Gasteiger partial charge >= 0.3 is 0 Å². The van der Waals surface area contributed by atoms with E-state index in [-0.39, 0.29) is 6.61 Å². The van der Waals surface area contributed by atoms with Gasteiger partial charge in [-0.05, 0) is 75.6 Å². The lowest BCUT2D eigenvalue weighted by molar-refractivity contribution is 0.188. The molecule has 0 atom stereocenters. The molecule has 1 aromatic carbocycles. The fraction of sp³-hybridized carbons (Fsp3) is 0.657. The summed E-state index contributed by atoms with van der Waals surface area (Å²) in [4.78, 5) is 14.4. The molecular formula is C35H56N8O. The van der Waals surface area contributed by atoms with Gasteiger partial charge in [0, 0.05) is 64.5 Å². The van der Waals surface area contributed by atoms with Crippen LogP contribution < -0.4 is 26.2 Å². The summed E-state index contributed by atoms with van der Waals surface area (Å²) in [5, 5.41) is 23.7. The van der Waals surface area contributed by atoms with Gasteiger partial charge in [0.2, 0.25) is 5.95 Å². The molecule has 0 unspecified atom stereocenters. The Balaban J connectivity index is 1.09. The SMILES string of the molecule is OCCN1CCN(c2cc(NCCC3=CCCCC3)nc(NCc3ccc(CNCCCNC4CCCCC4)cc3)n2)CC1. The van der Waals surface area contributed by atoms with Gasteiger partial charge in [0.1, 0.15) is 11.6 Å². The van der Waals surface area contributed by atoms with Crippen LogP contribution in [0.5, 0.6) is 0 Å². The molecule has 1 aromatic heterocycles. The van der Waals surface area contributed by atoms with Crippen molar-refractivity contribution in [3.63, 3.8) is 0 Å². The highest BCUT2D eigenvalue weighted by Gasteiger charge is 2.19. The van der Waals surface area contributed by atoms with Crippen LogP contribution in [0.3, 0.4) is 0 Å². The molecule has 5 N–H and O–H groups in total. The van der Waals surface area contributed by atoms with E-state index in [1.54, 1.807) is 5.57 Å². The molecule has 2 aromatic rings. The Morgan fingerprint density at radius 1 is 0.818 bits per heavy atom. The smallest absolute Gasteiger partial charge is 0.226 e. The van der Waals surface area contributed by atoms with E-state index in [9.17, 15) is 5.11 Å². The number of aromatic nitrogens is 2. The van der Waals surface area contributed by atoms with Crippen LogP contribution in [0.25, 0.3) is 0 Å². The summed E-state index contributed by atoms with van der Waals surface area (Å²) >= 11 is 0. The predicted octanol–water partition coefficient (Wildman–Crippen LogP) is 4.91. The predicted molar refractivity (Wildman–Crippen MR) is 182 cm³/mol. The molecule has 2 heterocycles. The summed E-state index contributed by atoms with van der Waals surface area (Å²) in [5.41, 5.74) is 4.10. The minimum atomic E-state index is 0.210. The van der Waals surface area contributed by atoms with Crippen LogP contribution in [-0.2, 0) is 13.1 Å². The molecule has 242 valence electrons. The van der Waals surface area contributed by atoms with Crippen LogP contribution >= 0.6 is 0 Å². The maximum Gasteiger partial charge on any atom is 0.226 e. The minimum absolute atomic E-state index is 0.210. The number of nitrogens with one attached hydrogen (secondary N) is 4. The molecule has 9 nitrogen and oxygen atoms in total. The number of β-amino-alcohol motifs (C(OH)–C–C–N with tert-alkyl or cyclic N) is 1. The zero-order chi connectivity index (χ0) is 30.2. The number of allylic oxidation sites excluding steroid dienone is 1. The largest absolute Gasteiger partial charge is 0.395 e. The lowest BCUT2D eigenvalue weighted by Crippen LogP contribution is -2.47. The number of hydrogen-bond acceptors (Lipinski definition) is 9. The van der Waals surface area contributed by atoms with Crippen LogP contribution in [0, 0.1) is 0 Å². The topological polar surface area (TPSA) is 101 Å². The molecule has 5 rings (SSSR count). The maximum absolute atomic E-state index is 9.32. The summed E-state index contributed by atoms with van der Waals surface area (Å²) < 4.78 is 0. The van der Waals surface area contributed by atoms with Gasteiger partial charge in [-0.3, -0.25) is 4.90 Å². The number of rotatable bonds is 17. The van der Waals surface area contributed by atoms with Crippen LogP contribution in [0.4, 0.5) is 17.6 Å². The van der Waals surface area contributed by atoms with E-state index in [0.29, 0.717) is 12.5 Å². The second kappa shape index (κ2) is 18.3. The molecule has 3 aliphatic rings. The average Bonchev–Trinajstić information content (AvgIpc) is 3.07. The third kappa shape index (κ3) is 11.0. The van der Waals surface area contributed by atoms with Crippen molar-refractivity contribution in [2.45, 2.75) is 89.8 Å². The molecule has 2 fully saturated rings. The van der Waals surface area contributed by atoms with E-state index in [0.717, 1.165) is 83.0 Å². The van der Waals surface area contributed by atoms with Crippen molar-refractivity contribution in [3.05, 3.63) is 53.1 Å². The van der Waals surface area contributed by atoms with E-state index in [4.69, 9.17) is 9.97 Å². The summed E-state index contributed by atoms with van der Waals surface area (Å²) in [6.45, 7) is 9.23. The normalized spacial score (nSPS) is 18.3. The Hall–Kier alpha value is -2.72. The van der Waals surface area contributed by atoms with E-state index in [2.05, 4.69) is 67.5 Å². The highest BCUT2D eigenvalue weighted by Crippen LogP contribution is 2.23. The molecule has 1 aliphatic heterocycles. The van der Waals surface area contributed by atoms with Gasteiger partial charge in [-0.25, -0.2) is 0 Å². The van der Waals surface area contributed by atoms with Crippen molar-refractivity contribution in [1.29, 1.82) is 0 Å². The zero-order valence-electron chi connectivity index (χ0n) is 26.8. The van der Waals surface area contributed by atoms with Crippen molar-refractivity contribution in [2.75, 3.05) is 74.5 Å². The van der Waals surface area contributed by atoms with Gasteiger partial charge in [0.15, 0.2) is 0 Å². The van der Waals surface area contributed by atoms with Gasteiger partial charge in [-0.15, -0.1) is 0 Å². The molecule has 0 radical (unpaired) electrons. The number of piperazine rings is 1. The third-order valence-corrected chi connectivity index (χ3v) is 9.33. The first-order chi connectivity index (χ1) is 21.7. The lowest BCUT2D eigenvalue weighted by atomic mass is 9.95. The summed E-state index contributed by atoms with van der Waals surface area (Å²) in [5.74, 6) is 2.50. The van der Waals surface area contributed by atoms with Crippen LogP contribution in [0.1, 0.15) is 81.8 Å². The third-order valence-electron chi connectivity index (χ3n) is 9.33. The number of nitrogens with zero attached hydrogens (tertiary/aromatic N) is 4. The highest BCUT2D eigenvalue weighted by atomic mass is 16.3. The summed E-state index contributed by atoms with van der Waals surface area (Å²) in [6.07, 6.45) is 16.7. The van der Waals surface area contributed by atoms with E-state index < -0.39 is 0 Å². The number of aliphatic hydroxyl groups excluding tert-OH is 1. The molecule has 44 heavy (non-hydrogen) atoms. The highest BCUT2D eigenvalue weighted by molar-refractivity contribution is 5.54. The fourth-order valence-corrected chi connectivity index (χ4v) is 6.61. The molecule has 2 aliphatic carbocycles. The molecule has 0 spiro atoms. The Morgan fingerprint density at radius 2 is 1.61 bits per heavy atom. The molecular weight excluding hydrogens is 548 g/mol. The molecule has 1 saturated carbocycles. The van der Waals surface area contributed by atoms with Gasteiger partial charge < -0.3 is 31.3 Å². The van der Waals surface area contributed by atoms with Crippen LogP contribution in [0.2, 0.25) is 0 Å². The van der Waals surface area contributed by atoms with Crippen molar-refractivity contribution in [1.82, 2.24) is 25.5 Å². The first-order valence-electron chi connectivity index (χ1n) is 17.4. The quantitative estimate of drug-likeness (QED) is 0.127. The molecule has 9 heteroatoms. The first kappa shape index (κ1) is 32.7. The Bertz CT molecular complexity index is 1130. The van der Waals surface area contributed by atoms with Crippen molar-refractivity contribution < 1.29 is 5.11 Å². The minimum Gasteiger partial charge on any atom is -0.395 e. The Morgan fingerprint density at radius 3 is 2.36 bits per heavy atom. The number of anilines is 3. The molecule has 0 amide bonds. The van der Waals surface area contributed by atoms with E-state index in [1.807, 2.05) is 0 Å². The standard InChI is InChI=1S/C35H56N8O/c44-25-24-42-20-22-43(23-21-42)34-26-33(38-19-16-29-8-3-1-4-9-29)40-35(41-34)39-28-31-14-12-30(13-15-31)27-36-17-7-18-37-32-10-5-2-6-11-32/h8,12-15,26,32,36-37,44H,1-7,9-11,16-25,27-28H2,(H2,38,39,40,41). The Kier molecular flexibility index (Phi) is 13.6. The van der Waals surface area contributed by atoms with Gasteiger partial charge in [-0.2, -0.15) is 9.97 Å². The van der Waals surface area contributed by atoms with Crippen LogP contribution in [-0.4, -0.2) is 85.0 Å². The lowest BCUT2D eigenvalue weighted by Gasteiger charge is -2.35. The van der Waals surface area contributed by atoms with Crippen molar-refractivity contribution in [2.24, 2.45) is 0 Å². The average molecular weight is 605 g/mol. The first-order valence-corrected chi connectivity index (χ1v) is 17.4. The second-order valence-corrected chi connectivity index (χ2v) is 12.8. The fourth-order valence-electron chi connectivity index (χ4n) is 6.61. The zero-order valence-corrected chi connectivity index (χ0v) is 26.8. The Labute approximate surface area is 265 Å². The number of aliphatic hydroxyl groups is 1. The van der Waals surface area contributed by atoms with Crippen LogP contribution in [0.15, 0.2) is 42.0 Å². The number of benzene rings is 1. The second-order valence-electron chi connectivity index (χ2n) is 12.8. The van der Waals surface area contributed by atoms with Gasteiger partial charge in [-0.1, -0.05) is 55.2 Å². The summed E-state index contributed by atoms with van der Waals surface area (Å²) in [6, 6.07) is 11.7. The molecule has 1 saturated heterocycles. The van der Waals surface area contributed by atoms with E-state index in [1.165, 1.54) is 75.3 Å².